The summed E-state index contributed by atoms with van der Waals surface area (Å²) in [7, 11) is 3.56. The highest BCUT2D eigenvalue weighted by Gasteiger charge is 2.20. The zero-order valence-electron chi connectivity index (χ0n) is 13.1. The molecule has 22 heavy (non-hydrogen) atoms. The van der Waals surface area contributed by atoms with E-state index in [1.807, 2.05) is 0 Å². The molecule has 1 saturated heterocycles. The molecule has 0 spiro atoms. The molecule has 1 aromatic carbocycles. The first-order chi connectivity index (χ1) is 10.5. The number of benzene rings is 1. The van der Waals surface area contributed by atoms with E-state index >= 15 is 0 Å². The van der Waals surface area contributed by atoms with Gasteiger partial charge in [-0.3, -0.25) is 9.69 Å². The number of amides is 1. The average Bonchev–Trinajstić information content (AvgIpc) is 2.49. The number of likely N-dealkylation sites (N-methyl/N-ethyl adjacent to an activating group) is 1. The standard InChI is InChI=1S/C16H23ClFN3O/c1-20(2)16(22)11-21-7-5-13(6-8-21)19-10-12-3-4-15(18)14(17)9-12/h3-4,9,13,19H,5-8,10-11H2,1-2H3. The van der Waals surface area contributed by atoms with E-state index in [1.54, 1.807) is 31.1 Å². The monoisotopic (exact) mass is 327 g/mol. The highest BCUT2D eigenvalue weighted by molar-refractivity contribution is 6.30. The fraction of sp³-hybridized carbons (Fsp3) is 0.562. The van der Waals surface area contributed by atoms with Crippen molar-refractivity contribution in [1.29, 1.82) is 0 Å². The molecule has 0 radical (unpaired) electrons. The maximum Gasteiger partial charge on any atom is 0.236 e. The first kappa shape index (κ1) is 17.2. The summed E-state index contributed by atoms with van der Waals surface area (Å²) in [5.74, 6) is -0.239. The minimum Gasteiger partial charge on any atom is -0.348 e. The Labute approximate surface area is 136 Å². The van der Waals surface area contributed by atoms with Crippen molar-refractivity contribution in [1.82, 2.24) is 15.1 Å². The van der Waals surface area contributed by atoms with E-state index in [1.165, 1.54) is 6.07 Å². The quantitative estimate of drug-likeness (QED) is 0.900. The van der Waals surface area contributed by atoms with Gasteiger partial charge in [0.1, 0.15) is 5.82 Å². The highest BCUT2D eigenvalue weighted by Crippen LogP contribution is 2.17. The molecule has 2 rings (SSSR count). The number of carbonyl (C=O) groups excluding carboxylic acids is 1. The Morgan fingerprint density at radius 2 is 2.09 bits per heavy atom. The largest absolute Gasteiger partial charge is 0.348 e. The van der Waals surface area contributed by atoms with E-state index in [0.717, 1.165) is 31.5 Å². The van der Waals surface area contributed by atoms with Crippen molar-refractivity contribution >= 4 is 17.5 Å². The number of carbonyl (C=O) groups is 1. The second kappa shape index (κ2) is 7.90. The molecule has 0 saturated carbocycles. The van der Waals surface area contributed by atoms with E-state index in [0.29, 0.717) is 19.1 Å². The van der Waals surface area contributed by atoms with Gasteiger partial charge in [-0.2, -0.15) is 0 Å². The minimum absolute atomic E-state index is 0.146. The molecular weight excluding hydrogens is 305 g/mol. The molecule has 6 heteroatoms. The summed E-state index contributed by atoms with van der Waals surface area (Å²) in [5.41, 5.74) is 0.983. The van der Waals surface area contributed by atoms with Gasteiger partial charge in [0, 0.05) is 39.8 Å². The van der Waals surface area contributed by atoms with Crippen molar-refractivity contribution in [3.63, 3.8) is 0 Å². The molecule has 0 bridgehead atoms. The van der Waals surface area contributed by atoms with Crippen LogP contribution < -0.4 is 5.32 Å². The number of halogens is 2. The summed E-state index contributed by atoms with van der Waals surface area (Å²) in [6, 6.07) is 5.23. The third-order valence-electron chi connectivity index (χ3n) is 4.02. The smallest absolute Gasteiger partial charge is 0.236 e. The lowest BCUT2D eigenvalue weighted by atomic mass is 10.0. The van der Waals surface area contributed by atoms with Gasteiger partial charge in [0.2, 0.25) is 5.91 Å². The van der Waals surface area contributed by atoms with Gasteiger partial charge < -0.3 is 10.2 Å². The van der Waals surface area contributed by atoms with Crippen LogP contribution in [0.15, 0.2) is 18.2 Å². The average molecular weight is 328 g/mol. The van der Waals surface area contributed by atoms with Crippen LogP contribution in [0.3, 0.4) is 0 Å². The molecule has 1 N–H and O–H groups in total. The second-order valence-corrected chi connectivity index (χ2v) is 6.38. The number of piperidine rings is 1. The van der Waals surface area contributed by atoms with Crippen LogP contribution in [0.4, 0.5) is 4.39 Å². The molecule has 4 nitrogen and oxygen atoms in total. The van der Waals surface area contributed by atoms with Gasteiger partial charge in [-0.25, -0.2) is 4.39 Å². The summed E-state index contributed by atoms with van der Waals surface area (Å²) < 4.78 is 13.1. The van der Waals surface area contributed by atoms with Crippen molar-refractivity contribution < 1.29 is 9.18 Å². The Hall–Kier alpha value is -1.17. The van der Waals surface area contributed by atoms with E-state index in [9.17, 15) is 9.18 Å². The predicted octanol–water partition coefficient (Wildman–Crippen LogP) is 2.12. The highest BCUT2D eigenvalue weighted by atomic mass is 35.5. The number of hydrogen-bond donors (Lipinski definition) is 1. The number of nitrogens with one attached hydrogen (secondary N) is 1. The lowest BCUT2D eigenvalue weighted by Crippen LogP contribution is -2.45. The van der Waals surface area contributed by atoms with Crippen molar-refractivity contribution in [3.8, 4) is 0 Å². The predicted molar refractivity (Wildman–Crippen MR) is 86.4 cm³/mol. The summed E-state index contributed by atoms with van der Waals surface area (Å²) in [4.78, 5) is 15.5. The van der Waals surface area contributed by atoms with Crippen molar-refractivity contribution in [2.45, 2.75) is 25.4 Å². The second-order valence-electron chi connectivity index (χ2n) is 5.97. The Morgan fingerprint density at radius 3 is 2.68 bits per heavy atom. The number of rotatable bonds is 5. The van der Waals surface area contributed by atoms with Gasteiger partial charge in [-0.1, -0.05) is 17.7 Å². The molecule has 1 heterocycles. The maximum atomic E-state index is 13.1. The zero-order valence-corrected chi connectivity index (χ0v) is 13.9. The van der Waals surface area contributed by atoms with Crippen LogP contribution >= 0.6 is 11.6 Å². The lowest BCUT2D eigenvalue weighted by Gasteiger charge is -2.32. The van der Waals surface area contributed by atoms with E-state index < -0.39 is 0 Å². The minimum atomic E-state index is -0.385. The Bertz CT molecular complexity index is 516. The topological polar surface area (TPSA) is 35.6 Å². The van der Waals surface area contributed by atoms with Gasteiger partial charge in [-0.05, 0) is 30.5 Å². The molecule has 0 aromatic heterocycles. The van der Waals surface area contributed by atoms with Crippen molar-refractivity contribution in [3.05, 3.63) is 34.6 Å². The number of nitrogens with zero attached hydrogens (tertiary/aromatic N) is 2. The summed E-state index contributed by atoms with van der Waals surface area (Å²) in [6.45, 7) is 3.01. The molecule has 1 fully saturated rings. The normalized spacial score (nSPS) is 16.7. The molecule has 0 unspecified atom stereocenters. The Balaban J connectivity index is 1.73. The van der Waals surface area contributed by atoms with Gasteiger partial charge in [0.25, 0.3) is 0 Å². The molecule has 1 aromatic rings. The van der Waals surface area contributed by atoms with E-state index in [2.05, 4.69) is 10.2 Å². The third kappa shape index (κ3) is 4.93. The van der Waals surface area contributed by atoms with E-state index in [-0.39, 0.29) is 16.7 Å². The van der Waals surface area contributed by atoms with Crippen LogP contribution in [0.2, 0.25) is 5.02 Å². The fourth-order valence-corrected chi connectivity index (χ4v) is 2.74. The maximum absolute atomic E-state index is 13.1. The molecule has 122 valence electrons. The van der Waals surface area contributed by atoms with Crippen LogP contribution in [0.5, 0.6) is 0 Å². The lowest BCUT2D eigenvalue weighted by molar-refractivity contribution is -0.130. The number of likely N-dealkylation sites (tertiary alicyclic amines) is 1. The van der Waals surface area contributed by atoms with E-state index in [4.69, 9.17) is 11.6 Å². The van der Waals surface area contributed by atoms with Crippen molar-refractivity contribution in [2.24, 2.45) is 0 Å². The SMILES string of the molecule is CN(C)C(=O)CN1CCC(NCc2ccc(F)c(Cl)c2)CC1. The van der Waals surface area contributed by atoms with Crippen LogP contribution in [-0.4, -0.2) is 55.5 Å². The van der Waals surface area contributed by atoms with Crippen molar-refractivity contribution in [2.75, 3.05) is 33.7 Å². The summed E-state index contributed by atoms with van der Waals surface area (Å²) >= 11 is 5.78. The summed E-state index contributed by atoms with van der Waals surface area (Å²) in [6.07, 6.45) is 2.02. The van der Waals surface area contributed by atoms with Crippen LogP contribution in [0, 0.1) is 5.82 Å². The molecular formula is C16H23ClFN3O. The molecule has 0 atom stereocenters. The van der Waals surface area contributed by atoms with Gasteiger partial charge in [-0.15, -0.1) is 0 Å². The molecule has 0 aliphatic carbocycles. The van der Waals surface area contributed by atoms with Gasteiger partial charge >= 0.3 is 0 Å². The first-order valence-electron chi connectivity index (χ1n) is 7.55. The third-order valence-corrected chi connectivity index (χ3v) is 4.31. The molecule has 1 aliphatic heterocycles. The summed E-state index contributed by atoms with van der Waals surface area (Å²) in [5, 5.41) is 3.64. The van der Waals surface area contributed by atoms with Crippen LogP contribution in [0.1, 0.15) is 18.4 Å². The van der Waals surface area contributed by atoms with Crippen LogP contribution in [0.25, 0.3) is 0 Å². The van der Waals surface area contributed by atoms with Gasteiger partial charge in [0.15, 0.2) is 0 Å². The van der Waals surface area contributed by atoms with Gasteiger partial charge in [0.05, 0.1) is 11.6 Å². The number of hydrogen-bond acceptors (Lipinski definition) is 3. The molecule has 1 aliphatic rings. The molecule has 1 amide bonds. The van der Waals surface area contributed by atoms with Crippen LogP contribution in [-0.2, 0) is 11.3 Å². The zero-order chi connectivity index (χ0) is 16.1. The Kier molecular flexibility index (Phi) is 6.17. The first-order valence-corrected chi connectivity index (χ1v) is 7.93. The fourth-order valence-electron chi connectivity index (χ4n) is 2.54. The Morgan fingerprint density at radius 1 is 1.41 bits per heavy atom.